The molecule has 0 amide bonds. The summed E-state index contributed by atoms with van der Waals surface area (Å²) >= 11 is 0. The van der Waals surface area contributed by atoms with Crippen LogP contribution in [0.15, 0.2) is 84.3 Å². The van der Waals surface area contributed by atoms with Gasteiger partial charge in [0.2, 0.25) is 0 Å². The fourth-order valence-electron chi connectivity index (χ4n) is 6.44. The van der Waals surface area contributed by atoms with Gasteiger partial charge >= 0.3 is 0 Å². The molecule has 2 fully saturated rings. The molecule has 2 aliphatic heterocycles. The third-order valence-corrected chi connectivity index (χ3v) is 9.60. The molecular formula is C36H38O4. The summed E-state index contributed by atoms with van der Waals surface area (Å²) in [5, 5.41) is 0. The number of hydrogen-bond acceptors (Lipinski definition) is 4. The maximum atomic E-state index is 6.58. The van der Waals surface area contributed by atoms with Gasteiger partial charge in [-0.25, -0.2) is 0 Å². The second kappa shape index (κ2) is 10.2. The van der Waals surface area contributed by atoms with Crippen LogP contribution in [-0.4, -0.2) is 39.6 Å². The Hall–Kier alpha value is -3.34. The van der Waals surface area contributed by atoms with Crippen LogP contribution in [-0.2, 0) is 18.9 Å². The summed E-state index contributed by atoms with van der Waals surface area (Å²) in [6.45, 7) is 9.02. The van der Waals surface area contributed by atoms with Crippen LogP contribution in [0.1, 0.15) is 71.9 Å². The lowest BCUT2D eigenvalue weighted by Gasteiger charge is -2.40. The van der Waals surface area contributed by atoms with E-state index in [0.29, 0.717) is 13.2 Å². The Labute approximate surface area is 237 Å². The zero-order valence-electron chi connectivity index (χ0n) is 23.5. The van der Waals surface area contributed by atoms with Crippen molar-refractivity contribution in [2.24, 2.45) is 10.8 Å². The summed E-state index contributed by atoms with van der Waals surface area (Å²) in [5.74, 6) is 2.28. The number of allylic oxidation sites excluding steroid dienone is 2. The molecule has 0 radical (unpaired) electrons. The Kier molecular flexibility index (Phi) is 6.56. The van der Waals surface area contributed by atoms with Crippen molar-refractivity contribution in [3.8, 4) is 0 Å². The maximum absolute atomic E-state index is 6.58. The van der Waals surface area contributed by atoms with Crippen molar-refractivity contribution in [3.63, 3.8) is 0 Å². The molecule has 0 N–H and O–H groups in total. The summed E-state index contributed by atoms with van der Waals surface area (Å²) in [4.78, 5) is 0. The van der Waals surface area contributed by atoms with E-state index in [0.717, 1.165) is 50.8 Å². The topological polar surface area (TPSA) is 36.9 Å². The number of rotatable bonds is 10. The van der Waals surface area contributed by atoms with E-state index in [4.69, 9.17) is 18.9 Å². The normalized spacial score (nSPS) is 23.2. The van der Waals surface area contributed by atoms with Crippen molar-refractivity contribution in [2.75, 3.05) is 39.6 Å². The van der Waals surface area contributed by atoms with Gasteiger partial charge in [-0.3, -0.25) is 0 Å². The summed E-state index contributed by atoms with van der Waals surface area (Å²) in [6.07, 6.45) is 6.60. The highest BCUT2D eigenvalue weighted by Gasteiger charge is 2.40. The first kappa shape index (κ1) is 25.6. The van der Waals surface area contributed by atoms with Crippen LogP contribution in [0.25, 0.3) is 12.2 Å². The SMILES string of the molecule is CCC1(COC2=Cc3ccccc3C2c2ccc(C3C(OCC4(CC)COC4)=Cc4ccccc43)cc2)COC1. The summed E-state index contributed by atoms with van der Waals surface area (Å²) in [5.41, 5.74) is 7.90. The molecule has 2 unspecified atom stereocenters. The smallest absolute Gasteiger partial charge is 0.108 e. The number of benzene rings is 3. The van der Waals surface area contributed by atoms with Gasteiger partial charge in [-0.2, -0.15) is 0 Å². The zero-order valence-corrected chi connectivity index (χ0v) is 23.5. The van der Waals surface area contributed by atoms with Gasteiger partial charge in [-0.15, -0.1) is 0 Å². The van der Waals surface area contributed by atoms with Gasteiger partial charge in [0.15, 0.2) is 0 Å². The van der Waals surface area contributed by atoms with Gasteiger partial charge in [0.05, 0.1) is 62.3 Å². The molecular weight excluding hydrogens is 496 g/mol. The van der Waals surface area contributed by atoms with Crippen LogP contribution >= 0.6 is 0 Å². The fraction of sp³-hybridized carbons (Fsp3) is 0.389. The minimum Gasteiger partial charge on any atom is -0.496 e. The third-order valence-electron chi connectivity index (χ3n) is 9.60. The molecule has 2 saturated heterocycles. The fourth-order valence-corrected chi connectivity index (χ4v) is 6.44. The Bertz CT molecular complexity index is 1320. The highest BCUT2D eigenvalue weighted by Crippen LogP contribution is 2.46. The van der Waals surface area contributed by atoms with E-state index in [-0.39, 0.29) is 22.7 Å². The summed E-state index contributed by atoms with van der Waals surface area (Å²) < 4.78 is 24.2. The first-order valence-corrected chi connectivity index (χ1v) is 14.7. The molecule has 3 aromatic rings. The molecule has 0 saturated carbocycles. The lowest BCUT2D eigenvalue weighted by atomic mass is 9.84. The van der Waals surface area contributed by atoms with Gasteiger partial charge in [0.1, 0.15) is 11.5 Å². The highest BCUT2D eigenvalue weighted by molar-refractivity contribution is 5.69. The molecule has 4 aliphatic rings. The minimum atomic E-state index is 0.102. The van der Waals surface area contributed by atoms with Crippen LogP contribution in [0, 0.1) is 10.8 Å². The lowest BCUT2D eigenvalue weighted by Crippen LogP contribution is -2.45. The monoisotopic (exact) mass is 534 g/mol. The van der Waals surface area contributed by atoms with Crippen LogP contribution in [0.3, 0.4) is 0 Å². The summed E-state index contributed by atoms with van der Waals surface area (Å²) in [6, 6.07) is 26.5. The predicted molar refractivity (Wildman–Crippen MR) is 158 cm³/mol. The molecule has 40 heavy (non-hydrogen) atoms. The summed E-state index contributed by atoms with van der Waals surface area (Å²) in [7, 11) is 0. The predicted octanol–water partition coefficient (Wildman–Crippen LogP) is 7.55. The van der Waals surface area contributed by atoms with Gasteiger partial charge in [0.25, 0.3) is 0 Å². The van der Waals surface area contributed by atoms with Crippen LogP contribution in [0.5, 0.6) is 0 Å². The molecule has 2 atom stereocenters. The van der Waals surface area contributed by atoms with Crippen molar-refractivity contribution >= 4 is 12.2 Å². The van der Waals surface area contributed by atoms with E-state index in [1.807, 2.05) is 0 Å². The average Bonchev–Trinajstić information content (AvgIpc) is 3.50. The van der Waals surface area contributed by atoms with Crippen molar-refractivity contribution in [3.05, 3.63) is 118 Å². The van der Waals surface area contributed by atoms with Gasteiger partial charge in [-0.1, -0.05) is 86.6 Å². The van der Waals surface area contributed by atoms with Crippen molar-refractivity contribution in [1.29, 1.82) is 0 Å². The van der Waals surface area contributed by atoms with E-state index < -0.39 is 0 Å². The zero-order chi connectivity index (χ0) is 27.2. The molecule has 4 heteroatoms. The molecule has 0 spiro atoms. The van der Waals surface area contributed by atoms with Gasteiger partial charge in [0, 0.05) is 0 Å². The van der Waals surface area contributed by atoms with E-state index in [9.17, 15) is 0 Å². The highest BCUT2D eigenvalue weighted by atomic mass is 16.5. The first-order valence-electron chi connectivity index (χ1n) is 14.7. The second-order valence-electron chi connectivity index (χ2n) is 12.2. The molecule has 3 aromatic carbocycles. The Morgan fingerprint density at radius 2 is 1.00 bits per heavy atom. The van der Waals surface area contributed by atoms with E-state index in [1.165, 1.54) is 33.4 Å². The van der Waals surface area contributed by atoms with Crippen molar-refractivity contribution < 1.29 is 18.9 Å². The van der Waals surface area contributed by atoms with E-state index in [1.54, 1.807) is 0 Å². The first-order chi connectivity index (χ1) is 19.6. The van der Waals surface area contributed by atoms with Gasteiger partial charge < -0.3 is 18.9 Å². The Balaban J connectivity index is 1.16. The molecule has 4 nitrogen and oxygen atoms in total. The molecule has 2 aliphatic carbocycles. The standard InChI is InChI=1S/C36H38O4/c1-3-35(19-37-20-35)23-39-31-17-27-9-5-7-11-29(27)33(31)25-13-15-26(16-14-25)34-30-12-8-6-10-28(30)18-32(34)40-24-36(4-2)21-38-22-36/h5-18,33-34H,3-4,19-24H2,1-2H3. The Morgan fingerprint density at radius 1 is 0.600 bits per heavy atom. The van der Waals surface area contributed by atoms with Crippen LogP contribution in [0.4, 0.5) is 0 Å². The number of fused-ring (bicyclic) bond motifs is 2. The van der Waals surface area contributed by atoms with E-state index >= 15 is 0 Å². The van der Waals surface area contributed by atoms with Crippen LogP contribution < -0.4 is 0 Å². The molecule has 0 aromatic heterocycles. The molecule has 206 valence electrons. The van der Waals surface area contributed by atoms with E-state index in [2.05, 4.69) is 98.8 Å². The second-order valence-corrected chi connectivity index (χ2v) is 12.2. The Morgan fingerprint density at radius 3 is 1.35 bits per heavy atom. The lowest BCUT2D eigenvalue weighted by molar-refractivity contribution is -0.142. The molecule has 0 bridgehead atoms. The molecule has 7 rings (SSSR count). The minimum absolute atomic E-state index is 0.102. The largest absolute Gasteiger partial charge is 0.496 e. The number of hydrogen-bond donors (Lipinski definition) is 0. The van der Waals surface area contributed by atoms with Crippen LogP contribution in [0.2, 0.25) is 0 Å². The third kappa shape index (κ3) is 4.38. The van der Waals surface area contributed by atoms with Crippen molar-refractivity contribution in [2.45, 2.75) is 38.5 Å². The van der Waals surface area contributed by atoms with Gasteiger partial charge in [-0.05, 0) is 58.4 Å². The quantitative estimate of drug-likeness (QED) is 0.269. The average molecular weight is 535 g/mol. The molecule has 2 heterocycles. The van der Waals surface area contributed by atoms with Crippen molar-refractivity contribution in [1.82, 2.24) is 0 Å². The number of ether oxygens (including phenoxy) is 4. The maximum Gasteiger partial charge on any atom is 0.108 e.